The molecule has 70 valence electrons. The number of nitrogens with two attached hydrogens (primary N) is 1. The first kappa shape index (κ1) is 32.1. The van der Waals surface area contributed by atoms with E-state index in [2.05, 4.69) is 38.6 Å². The van der Waals surface area contributed by atoms with Crippen molar-refractivity contribution >= 4 is 0 Å². The van der Waals surface area contributed by atoms with Gasteiger partial charge in [0, 0.05) is 0 Å². The highest BCUT2D eigenvalue weighted by Gasteiger charge is 1.19. The third-order valence-corrected chi connectivity index (χ3v) is 0. The molecule has 0 atom stereocenters. The Labute approximate surface area is 71.1 Å². The monoisotopic (exact) mass is 163 g/mol. The lowest BCUT2D eigenvalue weighted by Crippen LogP contribution is -1.69. The van der Waals surface area contributed by atoms with Gasteiger partial charge in [-0.15, -0.1) is 26.3 Å². The molecule has 0 radical (unpaired) electrons. The Hall–Kier alpha value is -0.890. The fourth-order valence-corrected chi connectivity index (χ4v) is 0. The molecule has 2 N–H and O–H groups in total. The molecule has 11 heavy (non-hydrogen) atoms. The van der Waals surface area contributed by atoms with Crippen molar-refractivity contribution < 1.29 is 4.39 Å². The van der Waals surface area contributed by atoms with Gasteiger partial charge < -0.3 is 5.73 Å². The second-order valence-corrected chi connectivity index (χ2v) is 0.154. The van der Waals surface area contributed by atoms with Crippen LogP contribution in [0.15, 0.2) is 39.2 Å². The molecule has 0 aromatic rings. The highest BCUT2D eigenvalue weighted by atomic mass is 19.1. The fourth-order valence-electron chi connectivity index (χ4n) is 0. The average Bonchev–Trinajstić information content (AvgIpc) is 2.18. The smallest absolute Gasteiger partial charge is 0.0795 e. The van der Waals surface area contributed by atoms with Crippen molar-refractivity contribution in [3.05, 3.63) is 39.2 Å². The molecule has 0 aliphatic rings. The molecule has 0 aromatic heterocycles. The Bertz CT molecular complexity index is 28.7. The van der Waals surface area contributed by atoms with Crippen molar-refractivity contribution in [2.75, 3.05) is 7.05 Å². The topological polar surface area (TPSA) is 26.0 Å². The van der Waals surface area contributed by atoms with Crippen molar-refractivity contribution in [2.24, 2.45) is 5.73 Å². The molecule has 0 saturated carbocycles. The Balaban J connectivity index is -0.0000000139. The van der Waals surface area contributed by atoms with Gasteiger partial charge in [-0.25, -0.2) is 4.39 Å². The summed E-state index contributed by atoms with van der Waals surface area (Å²) in [5.41, 5.74) is 4.50. The van der Waals surface area contributed by atoms with E-state index in [1.807, 2.05) is 13.8 Å². The summed E-state index contributed by atoms with van der Waals surface area (Å²) in [4.78, 5) is 0. The zero-order chi connectivity index (χ0) is 10.7. The van der Waals surface area contributed by atoms with Crippen molar-refractivity contribution in [1.82, 2.24) is 0 Å². The van der Waals surface area contributed by atoms with Crippen molar-refractivity contribution in [3.8, 4) is 0 Å². The van der Waals surface area contributed by atoms with E-state index in [1.54, 1.807) is 0 Å². The van der Waals surface area contributed by atoms with Crippen LogP contribution in [0.25, 0.3) is 0 Å². The van der Waals surface area contributed by atoms with E-state index < -0.39 is 0 Å². The lowest BCUT2D eigenvalue weighted by molar-refractivity contribution is 0.725. The minimum Gasteiger partial charge on any atom is -0.333 e. The molecule has 0 unspecified atom stereocenters. The molecule has 0 heterocycles. The summed E-state index contributed by atoms with van der Waals surface area (Å²) < 4.78 is 10.1. The average molecular weight is 163 g/mol. The lowest BCUT2D eigenvalue weighted by atomic mass is 11.0. The molecule has 0 rings (SSSR count). The van der Waals surface area contributed by atoms with Crippen molar-refractivity contribution in [3.63, 3.8) is 0 Å². The van der Waals surface area contributed by atoms with Gasteiger partial charge in [0.25, 0.3) is 0 Å². The van der Waals surface area contributed by atoms with E-state index in [0.717, 1.165) is 0 Å². The van der Waals surface area contributed by atoms with Gasteiger partial charge >= 0.3 is 0 Å². The maximum atomic E-state index is 10.1. The van der Waals surface area contributed by atoms with Gasteiger partial charge in [-0.05, 0) is 7.05 Å². The highest BCUT2D eigenvalue weighted by Crippen LogP contribution is 1.48. The quantitative estimate of drug-likeness (QED) is 0.545. The summed E-state index contributed by atoms with van der Waals surface area (Å²) in [5, 5.41) is 0. The summed E-state index contributed by atoms with van der Waals surface area (Å²) in [6.07, 6.45) is 0.250. The van der Waals surface area contributed by atoms with Crippen LogP contribution < -0.4 is 5.73 Å². The number of hydrogen-bond acceptors (Lipinski definition) is 1. The van der Waals surface area contributed by atoms with Crippen molar-refractivity contribution in [1.29, 1.82) is 0 Å². The standard InChI is InChI=1S/C2H3F.C2H6.2C2H4.CH5N/c1-2-3;4*1-2/h2H,1H2;1-2H3;2*1-2H2;2H2,1H3. The number of halogens is 1. The maximum Gasteiger partial charge on any atom is 0.0795 e. The van der Waals surface area contributed by atoms with Crippen LogP contribution >= 0.6 is 0 Å². The Kier molecular flexibility index (Phi) is 145000. The summed E-state index contributed by atoms with van der Waals surface area (Å²) in [6, 6.07) is 0. The van der Waals surface area contributed by atoms with Gasteiger partial charge in [-0.3, -0.25) is 0 Å². The summed E-state index contributed by atoms with van der Waals surface area (Å²) >= 11 is 0. The van der Waals surface area contributed by atoms with Gasteiger partial charge in [0.15, 0.2) is 0 Å². The SMILES string of the molecule is C=C.C=C.C=CF.CC.CN. The molecule has 0 saturated heterocycles. The molecular weight excluding hydrogens is 141 g/mol. The van der Waals surface area contributed by atoms with E-state index in [1.165, 1.54) is 7.05 Å². The molecule has 0 spiro atoms. The third-order valence-electron chi connectivity index (χ3n) is 0. The van der Waals surface area contributed by atoms with Crippen LogP contribution in [-0.2, 0) is 0 Å². The third kappa shape index (κ3) is 581. The predicted molar refractivity (Wildman–Crippen MR) is 55.3 cm³/mol. The maximum absolute atomic E-state index is 10.1. The Morgan fingerprint density at radius 2 is 1.00 bits per heavy atom. The molecule has 0 fully saturated rings. The highest BCUT2D eigenvalue weighted by molar-refractivity contribution is 4.39. The largest absolute Gasteiger partial charge is 0.333 e. The molecular formula is C9H22FN. The van der Waals surface area contributed by atoms with Gasteiger partial charge in [0.1, 0.15) is 0 Å². The first-order chi connectivity index (χ1) is 5.41. The summed E-state index contributed by atoms with van der Waals surface area (Å²) in [7, 11) is 1.50. The molecule has 0 aromatic carbocycles. The van der Waals surface area contributed by atoms with Gasteiger partial charge in [-0.2, -0.15) is 0 Å². The fraction of sp³-hybridized carbons (Fsp3) is 0.333. The minimum absolute atomic E-state index is 0.250. The Morgan fingerprint density at radius 3 is 1.00 bits per heavy atom. The van der Waals surface area contributed by atoms with Gasteiger partial charge in [0.2, 0.25) is 0 Å². The van der Waals surface area contributed by atoms with Crippen LogP contribution in [0.1, 0.15) is 13.8 Å². The van der Waals surface area contributed by atoms with E-state index in [-0.39, 0.29) is 6.33 Å². The van der Waals surface area contributed by atoms with Crippen molar-refractivity contribution in [2.45, 2.75) is 13.8 Å². The first-order valence-electron chi connectivity index (χ1n) is 3.20. The van der Waals surface area contributed by atoms with E-state index >= 15 is 0 Å². The zero-order valence-electron chi connectivity index (χ0n) is 8.07. The van der Waals surface area contributed by atoms with Gasteiger partial charge in [0.05, 0.1) is 6.33 Å². The number of hydrogen-bond donors (Lipinski definition) is 1. The zero-order valence-corrected chi connectivity index (χ0v) is 8.07. The minimum atomic E-state index is 0.250. The second-order valence-electron chi connectivity index (χ2n) is 0.154. The molecule has 0 aliphatic carbocycles. The van der Waals surface area contributed by atoms with Crippen LogP contribution in [0.4, 0.5) is 4.39 Å². The lowest BCUT2D eigenvalue weighted by Gasteiger charge is -1.28. The molecule has 0 aliphatic heterocycles. The molecule has 0 bridgehead atoms. The summed E-state index contributed by atoms with van der Waals surface area (Å²) in [6.45, 7) is 18.7. The molecule has 0 amide bonds. The van der Waals surface area contributed by atoms with Crippen LogP contribution in [0.3, 0.4) is 0 Å². The predicted octanol–water partition coefficient (Wildman–Crippen LogP) is 3.30. The van der Waals surface area contributed by atoms with Crippen LogP contribution in [-0.4, -0.2) is 7.05 Å². The van der Waals surface area contributed by atoms with Crippen LogP contribution in [0.2, 0.25) is 0 Å². The number of rotatable bonds is 0. The second kappa shape index (κ2) is 49500. The van der Waals surface area contributed by atoms with Crippen LogP contribution in [0.5, 0.6) is 0 Å². The Morgan fingerprint density at radius 1 is 1.00 bits per heavy atom. The van der Waals surface area contributed by atoms with E-state index in [4.69, 9.17) is 0 Å². The normalized spacial score (nSPS) is 3.00. The van der Waals surface area contributed by atoms with Crippen LogP contribution in [0, 0.1) is 0 Å². The van der Waals surface area contributed by atoms with Gasteiger partial charge in [-0.1, -0.05) is 20.4 Å². The molecule has 2 heteroatoms. The van der Waals surface area contributed by atoms with E-state index in [9.17, 15) is 4.39 Å². The molecule has 1 nitrogen and oxygen atoms in total. The summed E-state index contributed by atoms with van der Waals surface area (Å²) in [5.74, 6) is 0. The first-order valence-corrected chi connectivity index (χ1v) is 3.20. The van der Waals surface area contributed by atoms with E-state index in [0.29, 0.717) is 0 Å².